The van der Waals surface area contributed by atoms with Crippen molar-refractivity contribution in [3.8, 4) is 11.7 Å². The Labute approximate surface area is 128 Å². The quantitative estimate of drug-likeness (QED) is 0.942. The van der Waals surface area contributed by atoms with Crippen molar-refractivity contribution in [2.45, 2.75) is 38.6 Å². The van der Waals surface area contributed by atoms with E-state index in [1.54, 1.807) is 18.4 Å². The largest absolute Gasteiger partial charge is 0.459 e. The van der Waals surface area contributed by atoms with E-state index in [1.807, 2.05) is 18.7 Å². The summed E-state index contributed by atoms with van der Waals surface area (Å²) in [5, 5.41) is 11.1. The maximum absolute atomic E-state index is 12.0. The van der Waals surface area contributed by atoms with Gasteiger partial charge in [-0.25, -0.2) is 4.79 Å². The molecule has 118 valence electrons. The van der Waals surface area contributed by atoms with E-state index in [4.69, 9.17) is 8.83 Å². The van der Waals surface area contributed by atoms with Gasteiger partial charge < -0.3 is 19.1 Å². The number of hydrogen-bond acceptors (Lipinski definition) is 5. The maximum atomic E-state index is 12.0. The van der Waals surface area contributed by atoms with Crippen molar-refractivity contribution >= 4 is 6.03 Å². The van der Waals surface area contributed by atoms with Crippen LogP contribution in [-0.2, 0) is 0 Å². The third-order valence-electron chi connectivity index (χ3n) is 3.72. The molecule has 2 aromatic rings. The number of furan rings is 1. The summed E-state index contributed by atoms with van der Waals surface area (Å²) in [6.45, 7) is 5.31. The van der Waals surface area contributed by atoms with Gasteiger partial charge in [-0.15, -0.1) is 10.2 Å². The van der Waals surface area contributed by atoms with E-state index >= 15 is 0 Å². The van der Waals surface area contributed by atoms with Gasteiger partial charge in [-0.1, -0.05) is 0 Å². The van der Waals surface area contributed by atoms with Crippen molar-refractivity contribution in [3.05, 3.63) is 24.3 Å². The number of amides is 2. The predicted octanol–water partition coefficient (Wildman–Crippen LogP) is 2.63. The lowest BCUT2D eigenvalue weighted by molar-refractivity contribution is 0.175. The van der Waals surface area contributed by atoms with Crippen LogP contribution in [0.15, 0.2) is 27.2 Å². The Bertz CT molecular complexity index is 613. The average Bonchev–Trinajstić information content (AvgIpc) is 3.18. The molecule has 0 spiro atoms. The molecule has 7 heteroatoms. The second-order valence-electron chi connectivity index (χ2n) is 5.79. The molecule has 1 aliphatic rings. The highest BCUT2D eigenvalue weighted by Crippen LogP contribution is 2.29. The number of likely N-dealkylation sites (tertiary alicyclic amines) is 1. The Kier molecular flexibility index (Phi) is 4.13. The lowest BCUT2D eigenvalue weighted by Gasteiger charge is -2.31. The SMILES string of the molecule is CC(C)NC(=O)N1CCC(c2nnc(-c3ccco3)o2)CC1. The Morgan fingerprint density at radius 1 is 1.36 bits per heavy atom. The number of urea groups is 1. The Morgan fingerprint density at radius 3 is 2.77 bits per heavy atom. The van der Waals surface area contributed by atoms with E-state index < -0.39 is 0 Å². The highest BCUT2D eigenvalue weighted by Gasteiger charge is 2.27. The summed E-state index contributed by atoms with van der Waals surface area (Å²) in [5.41, 5.74) is 0. The first-order valence-corrected chi connectivity index (χ1v) is 7.56. The van der Waals surface area contributed by atoms with Gasteiger partial charge in [0, 0.05) is 25.0 Å². The Morgan fingerprint density at radius 2 is 2.14 bits per heavy atom. The topological polar surface area (TPSA) is 84.4 Å². The molecule has 0 unspecified atom stereocenters. The van der Waals surface area contributed by atoms with Crippen molar-refractivity contribution in [3.63, 3.8) is 0 Å². The smallest absolute Gasteiger partial charge is 0.317 e. The Hall–Kier alpha value is -2.31. The molecule has 7 nitrogen and oxygen atoms in total. The minimum atomic E-state index is -0.00439. The number of aromatic nitrogens is 2. The van der Waals surface area contributed by atoms with E-state index in [0.717, 1.165) is 12.8 Å². The standard InChI is InChI=1S/C15H20N4O3/c1-10(2)16-15(20)19-7-5-11(6-8-19)13-17-18-14(22-13)12-4-3-9-21-12/h3-4,9-11H,5-8H2,1-2H3,(H,16,20). The van der Waals surface area contributed by atoms with Crippen LogP contribution in [0.4, 0.5) is 4.79 Å². The Balaban J connectivity index is 1.59. The van der Waals surface area contributed by atoms with Crippen molar-refractivity contribution in [2.75, 3.05) is 13.1 Å². The highest BCUT2D eigenvalue weighted by atomic mass is 16.4. The molecule has 1 saturated heterocycles. The zero-order chi connectivity index (χ0) is 15.5. The first-order valence-electron chi connectivity index (χ1n) is 7.56. The van der Waals surface area contributed by atoms with Gasteiger partial charge in [-0.2, -0.15) is 0 Å². The molecular formula is C15H20N4O3. The van der Waals surface area contributed by atoms with Crippen LogP contribution < -0.4 is 5.32 Å². The summed E-state index contributed by atoms with van der Waals surface area (Å²) in [6.07, 6.45) is 3.22. The minimum absolute atomic E-state index is 0.00439. The van der Waals surface area contributed by atoms with Gasteiger partial charge in [0.2, 0.25) is 5.89 Å². The maximum Gasteiger partial charge on any atom is 0.317 e. The molecule has 0 aromatic carbocycles. The van der Waals surface area contributed by atoms with Crippen LogP contribution >= 0.6 is 0 Å². The van der Waals surface area contributed by atoms with E-state index in [-0.39, 0.29) is 18.0 Å². The van der Waals surface area contributed by atoms with Crippen LogP contribution in [0.5, 0.6) is 0 Å². The molecule has 1 N–H and O–H groups in total. The van der Waals surface area contributed by atoms with E-state index in [2.05, 4.69) is 15.5 Å². The first-order chi connectivity index (χ1) is 10.6. The van der Waals surface area contributed by atoms with Gasteiger partial charge in [0.1, 0.15) is 0 Å². The number of nitrogens with zero attached hydrogens (tertiary/aromatic N) is 3. The van der Waals surface area contributed by atoms with Crippen LogP contribution in [-0.4, -0.2) is 40.3 Å². The van der Waals surface area contributed by atoms with Gasteiger partial charge in [0.15, 0.2) is 5.76 Å². The molecule has 1 fully saturated rings. The highest BCUT2D eigenvalue weighted by molar-refractivity contribution is 5.74. The summed E-state index contributed by atoms with van der Waals surface area (Å²) in [4.78, 5) is 13.8. The number of hydrogen-bond donors (Lipinski definition) is 1. The fraction of sp³-hybridized carbons (Fsp3) is 0.533. The van der Waals surface area contributed by atoms with Crippen LogP contribution in [0.1, 0.15) is 38.5 Å². The summed E-state index contributed by atoms with van der Waals surface area (Å²) in [6, 6.07) is 3.72. The molecule has 1 aliphatic heterocycles. The molecular weight excluding hydrogens is 284 g/mol. The molecule has 22 heavy (non-hydrogen) atoms. The summed E-state index contributed by atoms with van der Waals surface area (Å²) in [7, 11) is 0. The molecule has 3 rings (SSSR count). The van der Waals surface area contributed by atoms with Crippen LogP contribution in [0.2, 0.25) is 0 Å². The van der Waals surface area contributed by atoms with Gasteiger partial charge >= 0.3 is 6.03 Å². The van der Waals surface area contributed by atoms with Gasteiger partial charge in [0.25, 0.3) is 5.89 Å². The van der Waals surface area contributed by atoms with Crippen molar-refractivity contribution in [1.82, 2.24) is 20.4 Å². The molecule has 0 atom stereocenters. The molecule has 0 saturated carbocycles. The number of nitrogens with one attached hydrogen (secondary N) is 1. The third-order valence-corrected chi connectivity index (χ3v) is 3.72. The van der Waals surface area contributed by atoms with Crippen molar-refractivity contribution in [2.24, 2.45) is 0 Å². The zero-order valence-electron chi connectivity index (χ0n) is 12.8. The van der Waals surface area contributed by atoms with E-state index in [1.165, 1.54) is 0 Å². The molecule has 0 radical (unpaired) electrons. The molecule has 2 aromatic heterocycles. The number of carbonyl (C=O) groups excluding carboxylic acids is 1. The average molecular weight is 304 g/mol. The molecule has 0 aliphatic carbocycles. The minimum Gasteiger partial charge on any atom is -0.459 e. The van der Waals surface area contributed by atoms with Crippen molar-refractivity contribution < 1.29 is 13.6 Å². The summed E-state index contributed by atoms with van der Waals surface area (Å²) in [5.74, 6) is 1.79. The zero-order valence-corrected chi connectivity index (χ0v) is 12.8. The lowest BCUT2D eigenvalue weighted by atomic mass is 9.97. The van der Waals surface area contributed by atoms with Gasteiger partial charge in [-0.3, -0.25) is 0 Å². The van der Waals surface area contributed by atoms with Crippen LogP contribution in [0.3, 0.4) is 0 Å². The van der Waals surface area contributed by atoms with Crippen LogP contribution in [0, 0.1) is 0 Å². The molecule has 0 bridgehead atoms. The number of piperidine rings is 1. The van der Waals surface area contributed by atoms with E-state index in [9.17, 15) is 4.79 Å². The number of rotatable bonds is 3. The molecule has 2 amide bonds. The number of carbonyl (C=O) groups is 1. The predicted molar refractivity (Wildman–Crippen MR) is 79.2 cm³/mol. The molecule has 3 heterocycles. The fourth-order valence-corrected chi connectivity index (χ4v) is 2.57. The lowest BCUT2D eigenvalue weighted by Crippen LogP contribution is -2.46. The fourth-order valence-electron chi connectivity index (χ4n) is 2.57. The summed E-state index contributed by atoms with van der Waals surface area (Å²) >= 11 is 0. The second kappa shape index (κ2) is 6.21. The summed E-state index contributed by atoms with van der Waals surface area (Å²) < 4.78 is 10.9. The van der Waals surface area contributed by atoms with Crippen molar-refractivity contribution in [1.29, 1.82) is 0 Å². The monoisotopic (exact) mass is 304 g/mol. The van der Waals surface area contributed by atoms with Crippen LogP contribution in [0.25, 0.3) is 11.7 Å². The third kappa shape index (κ3) is 3.13. The van der Waals surface area contributed by atoms with Gasteiger partial charge in [-0.05, 0) is 38.8 Å². The van der Waals surface area contributed by atoms with E-state index in [0.29, 0.717) is 30.6 Å². The normalized spacial score (nSPS) is 16.2. The van der Waals surface area contributed by atoms with Gasteiger partial charge in [0.05, 0.1) is 6.26 Å². The second-order valence-corrected chi connectivity index (χ2v) is 5.79. The first kappa shape index (κ1) is 14.6.